The largest absolute Gasteiger partial charge is 0.374 e. The minimum Gasteiger partial charge on any atom is -0.374 e. The number of nitrogens with one attached hydrogen (secondary N) is 1. The summed E-state index contributed by atoms with van der Waals surface area (Å²) in [6.07, 6.45) is 6.39. The van der Waals surface area contributed by atoms with Gasteiger partial charge in [-0.3, -0.25) is 0 Å². The molecule has 0 aliphatic carbocycles. The monoisotopic (exact) mass is 217 g/mol. The summed E-state index contributed by atoms with van der Waals surface area (Å²) in [6, 6.07) is 0. The van der Waals surface area contributed by atoms with Crippen molar-refractivity contribution in [2.75, 3.05) is 0 Å². The van der Waals surface area contributed by atoms with E-state index >= 15 is 0 Å². The van der Waals surface area contributed by atoms with Crippen LogP contribution >= 0.6 is 0 Å². The highest BCUT2D eigenvalue weighted by Gasteiger charge is 2.43. The van der Waals surface area contributed by atoms with Gasteiger partial charge < -0.3 is 10.1 Å². The molecule has 2 saturated heterocycles. The van der Waals surface area contributed by atoms with Crippen molar-refractivity contribution in [3.8, 4) is 0 Å². The molecule has 4 heteroatoms. The van der Waals surface area contributed by atoms with Crippen LogP contribution in [0.4, 0.5) is 0 Å². The van der Waals surface area contributed by atoms with Gasteiger partial charge in [0.25, 0.3) is 0 Å². The van der Waals surface area contributed by atoms with Gasteiger partial charge in [0.05, 0.1) is 17.9 Å². The summed E-state index contributed by atoms with van der Waals surface area (Å²) in [5, 5.41) is 3.31. The molecule has 0 amide bonds. The Kier molecular flexibility index (Phi) is 1.84. The van der Waals surface area contributed by atoms with Crippen molar-refractivity contribution in [2.45, 2.75) is 50.5 Å². The fourth-order valence-corrected chi connectivity index (χ4v) is 3.16. The molecule has 3 aliphatic heterocycles. The van der Waals surface area contributed by atoms with Crippen LogP contribution in [0.5, 0.6) is 0 Å². The van der Waals surface area contributed by atoms with E-state index in [-0.39, 0.29) is 0 Å². The van der Waals surface area contributed by atoms with E-state index in [1.165, 1.54) is 24.1 Å². The van der Waals surface area contributed by atoms with E-state index in [4.69, 9.17) is 9.72 Å². The Bertz CT molecular complexity index is 434. The van der Waals surface area contributed by atoms with Crippen LogP contribution in [0.2, 0.25) is 0 Å². The zero-order chi connectivity index (χ0) is 10.5. The number of rotatable bonds is 1. The molecule has 4 heterocycles. The van der Waals surface area contributed by atoms with Crippen molar-refractivity contribution in [2.24, 2.45) is 0 Å². The fourth-order valence-electron chi connectivity index (χ4n) is 3.16. The molecule has 1 N–H and O–H groups in total. The maximum atomic E-state index is 5.86. The lowest BCUT2D eigenvalue weighted by Crippen LogP contribution is -2.17. The van der Waals surface area contributed by atoms with Crippen molar-refractivity contribution in [3.05, 3.63) is 23.3 Å². The van der Waals surface area contributed by atoms with Gasteiger partial charge in [-0.05, 0) is 19.3 Å². The Morgan fingerprint density at radius 1 is 1.31 bits per heavy atom. The molecule has 0 radical (unpaired) electrons. The zero-order valence-corrected chi connectivity index (χ0v) is 9.15. The SMILES string of the molecule is c1nc(C2CC3CCC2O3)nc2c1CNC2. The lowest BCUT2D eigenvalue weighted by atomic mass is 9.88. The van der Waals surface area contributed by atoms with E-state index in [1.54, 1.807) is 0 Å². The molecule has 3 atom stereocenters. The highest BCUT2D eigenvalue weighted by Crippen LogP contribution is 2.43. The van der Waals surface area contributed by atoms with Gasteiger partial charge in [0, 0.05) is 30.8 Å². The zero-order valence-electron chi connectivity index (χ0n) is 9.15. The third-order valence-electron chi connectivity index (χ3n) is 4.02. The summed E-state index contributed by atoms with van der Waals surface area (Å²) >= 11 is 0. The molecule has 2 fully saturated rings. The molecule has 1 aromatic heterocycles. The topological polar surface area (TPSA) is 47.0 Å². The third-order valence-corrected chi connectivity index (χ3v) is 4.02. The van der Waals surface area contributed by atoms with E-state index in [2.05, 4.69) is 10.3 Å². The van der Waals surface area contributed by atoms with Gasteiger partial charge in [-0.25, -0.2) is 9.97 Å². The number of hydrogen-bond donors (Lipinski definition) is 1. The summed E-state index contributed by atoms with van der Waals surface area (Å²) < 4.78 is 5.86. The Morgan fingerprint density at radius 2 is 2.31 bits per heavy atom. The minimum absolute atomic E-state index is 0.386. The minimum atomic E-state index is 0.386. The number of fused-ring (bicyclic) bond motifs is 3. The molecule has 3 aliphatic rings. The van der Waals surface area contributed by atoms with Crippen LogP contribution in [0.15, 0.2) is 6.20 Å². The predicted molar refractivity (Wildman–Crippen MR) is 57.8 cm³/mol. The second kappa shape index (κ2) is 3.25. The highest BCUT2D eigenvalue weighted by atomic mass is 16.5. The van der Waals surface area contributed by atoms with Crippen molar-refractivity contribution in [3.63, 3.8) is 0 Å². The number of hydrogen-bond acceptors (Lipinski definition) is 4. The molecule has 0 aromatic carbocycles. The Morgan fingerprint density at radius 3 is 3.12 bits per heavy atom. The molecule has 0 spiro atoms. The summed E-state index contributed by atoms with van der Waals surface area (Å²) in [5.74, 6) is 1.46. The molecule has 4 nitrogen and oxygen atoms in total. The van der Waals surface area contributed by atoms with Crippen LogP contribution in [-0.2, 0) is 17.8 Å². The lowest BCUT2D eigenvalue weighted by Gasteiger charge is -2.17. The smallest absolute Gasteiger partial charge is 0.134 e. The normalized spacial score (nSPS) is 35.6. The van der Waals surface area contributed by atoms with E-state index in [0.717, 1.165) is 25.3 Å². The third kappa shape index (κ3) is 1.23. The van der Waals surface area contributed by atoms with Crippen LogP contribution < -0.4 is 5.32 Å². The second-order valence-electron chi connectivity index (χ2n) is 5.02. The second-order valence-corrected chi connectivity index (χ2v) is 5.02. The predicted octanol–water partition coefficient (Wildman–Crippen LogP) is 1.11. The van der Waals surface area contributed by atoms with Crippen molar-refractivity contribution in [1.82, 2.24) is 15.3 Å². The summed E-state index contributed by atoms with van der Waals surface area (Å²) in [4.78, 5) is 9.22. The molecule has 0 saturated carbocycles. The highest BCUT2D eigenvalue weighted by molar-refractivity contribution is 5.23. The van der Waals surface area contributed by atoms with Crippen LogP contribution in [0.3, 0.4) is 0 Å². The van der Waals surface area contributed by atoms with Gasteiger partial charge >= 0.3 is 0 Å². The first-order chi connectivity index (χ1) is 7.90. The van der Waals surface area contributed by atoms with Crippen molar-refractivity contribution >= 4 is 0 Å². The molecule has 3 unspecified atom stereocenters. The maximum Gasteiger partial charge on any atom is 0.134 e. The number of aromatic nitrogens is 2. The lowest BCUT2D eigenvalue weighted by molar-refractivity contribution is 0.0998. The molecule has 1 aromatic rings. The molecular weight excluding hydrogens is 202 g/mol. The van der Waals surface area contributed by atoms with Gasteiger partial charge in [0.15, 0.2) is 0 Å². The van der Waals surface area contributed by atoms with Gasteiger partial charge in [-0.15, -0.1) is 0 Å². The first-order valence-corrected chi connectivity index (χ1v) is 6.11. The molecule has 16 heavy (non-hydrogen) atoms. The molecule has 2 bridgehead atoms. The molecular formula is C12H15N3O. The summed E-state index contributed by atoms with van der Waals surface area (Å²) in [5.41, 5.74) is 2.44. The number of nitrogens with zero attached hydrogens (tertiary/aromatic N) is 2. The summed E-state index contributed by atoms with van der Waals surface area (Å²) in [7, 11) is 0. The van der Waals surface area contributed by atoms with Crippen LogP contribution in [0, 0.1) is 0 Å². The standard InChI is InChI=1S/C12H15N3O/c1-2-11-9(3-8(1)16-11)12-14-5-7-4-13-6-10(7)15-12/h5,8-9,11,13H,1-4,6H2. The first-order valence-electron chi connectivity index (χ1n) is 6.11. The Balaban J connectivity index is 1.68. The van der Waals surface area contributed by atoms with E-state index in [9.17, 15) is 0 Å². The van der Waals surface area contributed by atoms with Gasteiger partial charge in [-0.1, -0.05) is 0 Å². The van der Waals surface area contributed by atoms with E-state index < -0.39 is 0 Å². The van der Waals surface area contributed by atoms with Crippen molar-refractivity contribution < 1.29 is 4.74 Å². The van der Waals surface area contributed by atoms with E-state index in [1.807, 2.05) is 6.20 Å². The Hall–Kier alpha value is -1.00. The van der Waals surface area contributed by atoms with Crippen LogP contribution in [-0.4, -0.2) is 22.2 Å². The summed E-state index contributed by atoms with van der Waals surface area (Å²) in [6.45, 7) is 1.81. The average molecular weight is 217 g/mol. The molecule has 4 rings (SSSR count). The van der Waals surface area contributed by atoms with E-state index in [0.29, 0.717) is 18.1 Å². The fraction of sp³-hybridized carbons (Fsp3) is 0.667. The molecule has 84 valence electrons. The quantitative estimate of drug-likeness (QED) is 0.765. The van der Waals surface area contributed by atoms with Crippen LogP contribution in [0.1, 0.15) is 42.3 Å². The average Bonchev–Trinajstić information content (AvgIpc) is 3.03. The van der Waals surface area contributed by atoms with Gasteiger partial charge in [0.2, 0.25) is 0 Å². The van der Waals surface area contributed by atoms with Gasteiger partial charge in [-0.2, -0.15) is 0 Å². The Labute approximate surface area is 94.4 Å². The van der Waals surface area contributed by atoms with Crippen LogP contribution in [0.25, 0.3) is 0 Å². The van der Waals surface area contributed by atoms with Crippen molar-refractivity contribution in [1.29, 1.82) is 0 Å². The first kappa shape index (κ1) is 9.07. The van der Waals surface area contributed by atoms with Gasteiger partial charge in [0.1, 0.15) is 5.82 Å². The number of ether oxygens (including phenoxy) is 1. The maximum absolute atomic E-state index is 5.86.